The minimum atomic E-state index is 0.103. The van der Waals surface area contributed by atoms with Gasteiger partial charge < -0.3 is 5.32 Å². The molecule has 2 aliphatic rings. The van der Waals surface area contributed by atoms with Crippen LogP contribution in [0.15, 0.2) is 30.3 Å². The minimum absolute atomic E-state index is 0.103. The number of amides is 1. The van der Waals surface area contributed by atoms with Gasteiger partial charge in [-0.2, -0.15) is 0 Å². The normalized spacial score (nSPS) is 19.7. The Kier molecular flexibility index (Phi) is 2.88. The molecule has 1 N–H and O–H groups in total. The molecule has 0 spiro atoms. The molecule has 2 aromatic rings. The molecule has 0 saturated heterocycles. The number of carbonyl (C=O) groups excluding carboxylic acids is 1. The van der Waals surface area contributed by atoms with Gasteiger partial charge in [0, 0.05) is 4.88 Å². The second-order valence-corrected chi connectivity index (χ2v) is 6.81. The first-order valence-electron chi connectivity index (χ1n) is 7.31. The van der Waals surface area contributed by atoms with Crippen LogP contribution in [0.2, 0.25) is 0 Å². The number of benzene rings is 1. The van der Waals surface area contributed by atoms with Crippen molar-refractivity contribution in [2.75, 3.05) is 0 Å². The monoisotopic (exact) mass is 283 g/mol. The van der Waals surface area contributed by atoms with E-state index in [0.717, 1.165) is 30.6 Å². The lowest BCUT2D eigenvalue weighted by Crippen LogP contribution is -2.26. The van der Waals surface area contributed by atoms with Crippen molar-refractivity contribution in [2.45, 2.75) is 38.1 Å². The summed E-state index contributed by atoms with van der Waals surface area (Å²) in [5.41, 5.74) is 4.07. The second kappa shape index (κ2) is 4.74. The van der Waals surface area contributed by atoms with Crippen LogP contribution >= 0.6 is 11.3 Å². The third-order valence-electron chi connectivity index (χ3n) is 4.41. The molecule has 2 aliphatic carbocycles. The van der Waals surface area contributed by atoms with Gasteiger partial charge in [0.25, 0.3) is 5.91 Å². The molecule has 0 unspecified atom stereocenters. The lowest BCUT2D eigenvalue weighted by molar-refractivity contribution is 0.0941. The molecule has 2 nitrogen and oxygen atoms in total. The maximum absolute atomic E-state index is 12.4. The van der Waals surface area contributed by atoms with Crippen LogP contribution in [0.5, 0.6) is 0 Å². The minimum Gasteiger partial charge on any atom is -0.345 e. The van der Waals surface area contributed by atoms with Crippen LogP contribution in [0.4, 0.5) is 0 Å². The highest BCUT2D eigenvalue weighted by molar-refractivity contribution is 7.14. The van der Waals surface area contributed by atoms with Crippen molar-refractivity contribution in [2.24, 2.45) is 0 Å². The van der Waals surface area contributed by atoms with Gasteiger partial charge in [-0.15, -0.1) is 11.3 Å². The summed E-state index contributed by atoms with van der Waals surface area (Å²) >= 11 is 1.68. The average molecular weight is 283 g/mol. The van der Waals surface area contributed by atoms with Gasteiger partial charge in [0.1, 0.15) is 0 Å². The largest absolute Gasteiger partial charge is 0.345 e. The number of carbonyl (C=O) groups is 1. The summed E-state index contributed by atoms with van der Waals surface area (Å²) in [6.45, 7) is 0. The number of aryl methyl sites for hydroxylation is 3. The Morgan fingerprint density at radius 1 is 1.15 bits per heavy atom. The molecular weight excluding hydrogens is 266 g/mol. The Balaban J connectivity index is 1.53. The highest BCUT2D eigenvalue weighted by Crippen LogP contribution is 2.33. The summed E-state index contributed by atoms with van der Waals surface area (Å²) in [6, 6.07) is 10.7. The SMILES string of the molecule is O=C(N[C@H]1CCc2ccccc21)c1cc2c(s1)CCC2. The molecule has 1 aromatic carbocycles. The lowest BCUT2D eigenvalue weighted by Gasteiger charge is -2.13. The molecule has 0 saturated carbocycles. The maximum atomic E-state index is 12.4. The number of rotatable bonds is 2. The third-order valence-corrected chi connectivity index (χ3v) is 5.64. The Labute approximate surface area is 122 Å². The Morgan fingerprint density at radius 2 is 2.05 bits per heavy atom. The zero-order valence-corrected chi connectivity index (χ0v) is 12.1. The van der Waals surface area contributed by atoms with Crippen molar-refractivity contribution in [1.82, 2.24) is 5.32 Å². The Hall–Kier alpha value is -1.61. The topological polar surface area (TPSA) is 29.1 Å². The van der Waals surface area contributed by atoms with Gasteiger partial charge >= 0.3 is 0 Å². The quantitative estimate of drug-likeness (QED) is 0.895. The smallest absolute Gasteiger partial charge is 0.261 e. The van der Waals surface area contributed by atoms with E-state index in [1.54, 1.807) is 11.3 Å². The van der Waals surface area contributed by atoms with Crippen molar-refractivity contribution in [3.63, 3.8) is 0 Å². The van der Waals surface area contributed by atoms with Crippen molar-refractivity contribution in [1.29, 1.82) is 0 Å². The van der Waals surface area contributed by atoms with E-state index >= 15 is 0 Å². The fourth-order valence-electron chi connectivity index (χ4n) is 3.38. The lowest BCUT2D eigenvalue weighted by atomic mass is 10.1. The zero-order chi connectivity index (χ0) is 13.5. The van der Waals surface area contributed by atoms with Gasteiger partial charge in [-0.1, -0.05) is 24.3 Å². The molecule has 1 amide bonds. The molecule has 0 aliphatic heterocycles. The molecule has 3 heteroatoms. The fraction of sp³-hybridized carbons (Fsp3) is 0.353. The average Bonchev–Trinajstić information content (AvgIpc) is 3.12. The highest BCUT2D eigenvalue weighted by atomic mass is 32.1. The molecule has 0 bridgehead atoms. The molecule has 1 heterocycles. The molecule has 102 valence electrons. The molecule has 0 radical (unpaired) electrons. The van der Waals surface area contributed by atoms with E-state index in [-0.39, 0.29) is 11.9 Å². The van der Waals surface area contributed by atoms with Crippen molar-refractivity contribution < 1.29 is 4.79 Å². The summed E-state index contributed by atoms with van der Waals surface area (Å²) < 4.78 is 0. The van der Waals surface area contributed by atoms with E-state index in [4.69, 9.17) is 0 Å². The standard InChI is InChI=1S/C17H17NOS/c19-17(16-10-12-5-3-7-15(12)20-16)18-14-9-8-11-4-1-2-6-13(11)14/h1-2,4,6,10,14H,3,5,7-9H2,(H,18,19)/t14-/m0/s1. The van der Waals surface area contributed by atoms with Gasteiger partial charge in [0.15, 0.2) is 0 Å². The maximum Gasteiger partial charge on any atom is 0.261 e. The van der Waals surface area contributed by atoms with Crippen LogP contribution in [0, 0.1) is 0 Å². The Bertz CT molecular complexity index is 652. The number of fused-ring (bicyclic) bond motifs is 2. The van der Waals surface area contributed by atoms with Crippen LogP contribution in [-0.4, -0.2) is 5.91 Å². The third kappa shape index (κ3) is 1.97. The van der Waals surface area contributed by atoms with Gasteiger partial charge in [0.05, 0.1) is 10.9 Å². The van der Waals surface area contributed by atoms with E-state index in [2.05, 4.69) is 35.6 Å². The molecule has 1 aromatic heterocycles. The second-order valence-electron chi connectivity index (χ2n) is 5.68. The van der Waals surface area contributed by atoms with Crippen LogP contribution in [0.3, 0.4) is 0 Å². The van der Waals surface area contributed by atoms with Crippen LogP contribution in [0.25, 0.3) is 0 Å². The van der Waals surface area contributed by atoms with E-state index in [0.29, 0.717) is 0 Å². The van der Waals surface area contributed by atoms with Crippen LogP contribution in [-0.2, 0) is 19.3 Å². The summed E-state index contributed by atoms with van der Waals surface area (Å²) in [4.78, 5) is 14.7. The first kappa shape index (κ1) is 12.2. The summed E-state index contributed by atoms with van der Waals surface area (Å²) in [6.07, 6.45) is 5.64. The van der Waals surface area contributed by atoms with Crippen molar-refractivity contribution >= 4 is 17.2 Å². The zero-order valence-electron chi connectivity index (χ0n) is 11.3. The van der Waals surface area contributed by atoms with Gasteiger partial charge in [-0.3, -0.25) is 4.79 Å². The van der Waals surface area contributed by atoms with Crippen molar-refractivity contribution in [3.05, 3.63) is 56.8 Å². The summed E-state index contributed by atoms with van der Waals surface area (Å²) in [7, 11) is 0. The number of nitrogens with one attached hydrogen (secondary N) is 1. The molecule has 0 fully saturated rings. The van der Waals surface area contributed by atoms with Crippen LogP contribution in [0.1, 0.15) is 50.1 Å². The Morgan fingerprint density at radius 3 is 2.95 bits per heavy atom. The predicted molar refractivity (Wildman–Crippen MR) is 81.3 cm³/mol. The molecular formula is C17H17NOS. The van der Waals surface area contributed by atoms with E-state index in [1.807, 2.05) is 0 Å². The number of hydrogen-bond donors (Lipinski definition) is 1. The summed E-state index contributed by atoms with van der Waals surface area (Å²) in [5.74, 6) is 0.103. The number of thiophene rings is 1. The first-order chi connectivity index (χ1) is 9.81. The van der Waals surface area contributed by atoms with E-state index in [9.17, 15) is 4.79 Å². The predicted octanol–water partition coefficient (Wildman–Crippen LogP) is 3.65. The van der Waals surface area contributed by atoms with Gasteiger partial charge in [-0.05, 0) is 54.9 Å². The van der Waals surface area contributed by atoms with Crippen molar-refractivity contribution in [3.8, 4) is 0 Å². The molecule has 20 heavy (non-hydrogen) atoms. The van der Waals surface area contributed by atoms with Gasteiger partial charge in [-0.25, -0.2) is 0 Å². The first-order valence-corrected chi connectivity index (χ1v) is 8.13. The van der Waals surface area contributed by atoms with E-state index in [1.165, 1.54) is 28.0 Å². The highest BCUT2D eigenvalue weighted by Gasteiger charge is 2.25. The fourth-order valence-corrected chi connectivity index (χ4v) is 4.53. The van der Waals surface area contributed by atoms with E-state index < -0.39 is 0 Å². The molecule has 1 atom stereocenters. The summed E-state index contributed by atoms with van der Waals surface area (Å²) in [5, 5.41) is 3.21. The van der Waals surface area contributed by atoms with Crippen LogP contribution < -0.4 is 5.32 Å². The number of hydrogen-bond acceptors (Lipinski definition) is 2. The molecule has 4 rings (SSSR count). The van der Waals surface area contributed by atoms with Gasteiger partial charge in [0.2, 0.25) is 0 Å².